The summed E-state index contributed by atoms with van der Waals surface area (Å²) in [7, 11) is 0. The molecule has 1 amide bonds. The Labute approximate surface area is 146 Å². The van der Waals surface area contributed by atoms with Gasteiger partial charge < -0.3 is 16.2 Å². The minimum absolute atomic E-state index is 0.0955. The number of aryl methyl sites for hydroxylation is 1. The third-order valence-corrected chi connectivity index (χ3v) is 5.14. The zero-order valence-corrected chi connectivity index (χ0v) is 14.4. The van der Waals surface area contributed by atoms with Crippen LogP contribution in [0, 0.1) is 13.8 Å². The van der Waals surface area contributed by atoms with Crippen molar-refractivity contribution in [3.63, 3.8) is 0 Å². The fourth-order valence-corrected chi connectivity index (χ4v) is 3.68. The fourth-order valence-electron chi connectivity index (χ4n) is 3.68. The van der Waals surface area contributed by atoms with E-state index in [1.165, 1.54) is 22.3 Å². The molecule has 0 fully saturated rings. The molecule has 25 heavy (non-hydrogen) atoms. The summed E-state index contributed by atoms with van der Waals surface area (Å²) in [6, 6.07) is 9.75. The van der Waals surface area contributed by atoms with Crippen molar-refractivity contribution in [2.45, 2.75) is 32.6 Å². The van der Waals surface area contributed by atoms with Gasteiger partial charge in [-0.05, 0) is 72.7 Å². The molecule has 0 radical (unpaired) electrons. The normalized spacial score (nSPS) is 15.7. The molecule has 1 unspecified atom stereocenters. The number of nitrogens with one attached hydrogen (secondary N) is 1. The fraction of sp³-hybridized carbons (Fsp3) is 0.300. The van der Waals surface area contributed by atoms with Crippen molar-refractivity contribution in [1.29, 1.82) is 0 Å². The number of rotatable bonds is 5. The lowest BCUT2D eigenvalue weighted by molar-refractivity contribution is -0.134. The Bertz CT molecular complexity index is 858. The van der Waals surface area contributed by atoms with Crippen LogP contribution in [0.25, 0.3) is 0 Å². The number of carboxylic acids is 1. The van der Waals surface area contributed by atoms with Gasteiger partial charge in [0, 0.05) is 17.2 Å². The predicted octanol–water partition coefficient (Wildman–Crippen LogP) is 2.98. The second kappa shape index (κ2) is 6.59. The highest BCUT2D eigenvalue weighted by Gasteiger charge is 2.26. The number of anilines is 1. The first-order valence-corrected chi connectivity index (χ1v) is 8.37. The highest BCUT2D eigenvalue weighted by Crippen LogP contribution is 2.41. The number of fused-ring (bicyclic) bond motifs is 1. The Morgan fingerprint density at radius 1 is 1.16 bits per heavy atom. The number of hydrogen-bond acceptors (Lipinski definition) is 3. The standard InChI is InChI=1S/C20H22N2O3/c1-11-12(2)18(22-10-19(23)24)8-7-15(11)17-6-3-13-9-14(20(21)25)4-5-16(13)17/h4-5,7-9,17,22H,3,6,10H2,1-2H3,(H2,21,25)(H,23,24). The summed E-state index contributed by atoms with van der Waals surface area (Å²) in [5, 5.41) is 11.8. The molecule has 0 saturated heterocycles. The van der Waals surface area contributed by atoms with Gasteiger partial charge in [-0.25, -0.2) is 0 Å². The molecular weight excluding hydrogens is 316 g/mol. The summed E-state index contributed by atoms with van der Waals surface area (Å²) in [4.78, 5) is 22.1. The smallest absolute Gasteiger partial charge is 0.322 e. The van der Waals surface area contributed by atoms with Crippen LogP contribution < -0.4 is 11.1 Å². The Hall–Kier alpha value is -2.82. The number of carbonyl (C=O) groups is 2. The maximum absolute atomic E-state index is 11.4. The Morgan fingerprint density at radius 3 is 2.56 bits per heavy atom. The molecule has 1 aliphatic rings. The predicted molar refractivity (Wildman–Crippen MR) is 97.2 cm³/mol. The quantitative estimate of drug-likeness (QED) is 0.781. The van der Waals surface area contributed by atoms with Gasteiger partial charge in [-0.3, -0.25) is 9.59 Å². The van der Waals surface area contributed by atoms with Crippen LogP contribution in [0.4, 0.5) is 5.69 Å². The number of amides is 1. The van der Waals surface area contributed by atoms with E-state index in [1.807, 2.05) is 25.1 Å². The van der Waals surface area contributed by atoms with Crippen molar-refractivity contribution in [3.8, 4) is 0 Å². The molecule has 1 atom stereocenters. The van der Waals surface area contributed by atoms with Crippen molar-refractivity contribution in [1.82, 2.24) is 0 Å². The molecule has 0 saturated carbocycles. The molecule has 5 nitrogen and oxygen atoms in total. The zero-order valence-electron chi connectivity index (χ0n) is 14.4. The second-order valence-corrected chi connectivity index (χ2v) is 6.57. The minimum atomic E-state index is -0.879. The summed E-state index contributed by atoms with van der Waals surface area (Å²) < 4.78 is 0. The Morgan fingerprint density at radius 2 is 1.88 bits per heavy atom. The van der Waals surface area contributed by atoms with Crippen LogP contribution in [0.2, 0.25) is 0 Å². The molecule has 3 rings (SSSR count). The maximum atomic E-state index is 11.4. The molecule has 0 aromatic heterocycles. The van der Waals surface area contributed by atoms with Gasteiger partial charge in [-0.1, -0.05) is 12.1 Å². The number of carboxylic acid groups (broad SMARTS) is 1. The topological polar surface area (TPSA) is 92.4 Å². The summed E-state index contributed by atoms with van der Waals surface area (Å²) in [5.74, 6) is -0.979. The van der Waals surface area contributed by atoms with E-state index in [9.17, 15) is 9.59 Å². The van der Waals surface area contributed by atoms with Crippen molar-refractivity contribution in [2.75, 3.05) is 11.9 Å². The summed E-state index contributed by atoms with van der Waals surface area (Å²) in [5.41, 5.74) is 12.7. The lowest BCUT2D eigenvalue weighted by Crippen LogP contribution is -2.14. The molecule has 2 aromatic carbocycles. The van der Waals surface area contributed by atoms with Crippen LogP contribution >= 0.6 is 0 Å². The van der Waals surface area contributed by atoms with Crippen LogP contribution in [-0.4, -0.2) is 23.5 Å². The zero-order chi connectivity index (χ0) is 18.1. The van der Waals surface area contributed by atoms with Gasteiger partial charge in [-0.2, -0.15) is 0 Å². The van der Waals surface area contributed by atoms with Gasteiger partial charge in [0.05, 0.1) is 0 Å². The van der Waals surface area contributed by atoms with E-state index in [0.29, 0.717) is 11.5 Å². The van der Waals surface area contributed by atoms with E-state index in [1.54, 1.807) is 6.07 Å². The molecule has 0 heterocycles. The van der Waals surface area contributed by atoms with Gasteiger partial charge in [0.15, 0.2) is 0 Å². The monoisotopic (exact) mass is 338 g/mol. The highest BCUT2D eigenvalue weighted by atomic mass is 16.4. The minimum Gasteiger partial charge on any atom is -0.480 e. The largest absolute Gasteiger partial charge is 0.480 e. The molecular formula is C20H22N2O3. The molecule has 130 valence electrons. The van der Waals surface area contributed by atoms with Gasteiger partial charge in [0.2, 0.25) is 5.91 Å². The number of primary amides is 1. The van der Waals surface area contributed by atoms with Gasteiger partial charge in [0.25, 0.3) is 0 Å². The van der Waals surface area contributed by atoms with Crippen molar-refractivity contribution < 1.29 is 14.7 Å². The molecule has 1 aliphatic carbocycles. The van der Waals surface area contributed by atoms with E-state index >= 15 is 0 Å². The summed E-state index contributed by atoms with van der Waals surface area (Å²) in [6.07, 6.45) is 1.93. The van der Waals surface area contributed by atoms with E-state index in [0.717, 1.165) is 24.1 Å². The Balaban J connectivity index is 1.93. The second-order valence-electron chi connectivity index (χ2n) is 6.57. The third kappa shape index (κ3) is 3.22. The van der Waals surface area contributed by atoms with E-state index in [-0.39, 0.29) is 6.54 Å². The number of carbonyl (C=O) groups excluding carboxylic acids is 1. The van der Waals surface area contributed by atoms with Gasteiger partial charge in [0.1, 0.15) is 6.54 Å². The van der Waals surface area contributed by atoms with Crippen LogP contribution in [0.5, 0.6) is 0 Å². The van der Waals surface area contributed by atoms with Crippen LogP contribution in [0.3, 0.4) is 0 Å². The molecule has 2 aromatic rings. The van der Waals surface area contributed by atoms with Crippen LogP contribution in [0.15, 0.2) is 30.3 Å². The number of benzene rings is 2. The van der Waals surface area contributed by atoms with E-state index in [2.05, 4.69) is 18.3 Å². The van der Waals surface area contributed by atoms with Crippen molar-refractivity contribution in [3.05, 3.63) is 63.7 Å². The van der Waals surface area contributed by atoms with Gasteiger partial charge >= 0.3 is 5.97 Å². The highest BCUT2D eigenvalue weighted by molar-refractivity contribution is 5.93. The first-order valence-electron chi connectivity index (χ1n) is 8.37. The van der Waals surface area contributed by atoms with E-state index in [4.69, 9.17) is 10.8 Å². The molecule has 5 heteroatoms. The number of hydrogen-bond donors (Lipinski definition) is 3. The average Bonchev–Trinajstić information content (AvgIpc) is 2.99. The van der Waals surface area contributed by atoms with Gasteiger partial charge in [-0.15, -0.1) is 0 Å². The first kappa shape index (κ1) is 17.0. The van der Waals surface area contributed by atoms with Crippen LogP contribution in [0.1, 0.15) is 50.5 Å². The SMILES string of the molecule is Cc1c(NCC(=O)O)ccc(C2CCc3cc(C(N)=O)ccc32)c1C. The first-order chi connectivity index (χ1) is 11.9. The lowest BCUT2D eigenvalue weighted by atomic mass is 9.87. The molecule has 0 spiro atoms. The average molecular weight is 338 g/mol. The Kier molecular flexibility index (Phi) is 4.49. The summed E-state index contributed by atoms with van der Waals surface area (Å²) >= 11 is 0. The maximum Gasteiger partial charge on any atom is 0.322 e. The van der Waals surface area contributed by atoms with Crippen molar-refractivity contribution >= 4 is 17.6 Å². The molecule has 4 N–H and O–H groups in total. The number of aliphatic carboxylic acids is 1. The molecule has 0 aliphatic heterocycles. The summed E-state index contributed by atoms with van der Waals surface area (Å²) in [6.45, 7) is 3.99. The van der Waals surface area contributed by atoms with Crippen molar-refractivity contribution in [2.24, 2.45) is 5.73 Å². The van der Waals surface area contributed by atoms with E-state index < -0.39 is 11.9 Å². The lowest BCUT2D eigenvalue weighted by Gasteiger charge is -2.19. The van der Waals surface area contributed by atoms with Crippen LogP contribution in [-0.2, 0) is 11.2 Å². The molecule has 0 bridgehead atoms. The third-order valence-electron chi connectivity index (χ3n) is 5.14. The number of nitrogens with two attached hydrogens (primary N) is 1.